The summed E-state index contributed by atoms with van der Waals surface area (Å²) < 4.78 is 147. The lowest BCUT2D eigenvalue weighted by atomic mass is 9.95. The van der Waals surface area contributed by atoms with Crippen molar-refractivity contribution in [2.24, 2.45) is 0 Å². The molecule has 0 fully saturated rings. The van der Waals surface area contributed by atoms with Gasteiger partial charge in [0.05, 0.1) is 10.9 Å². The van der Waals surface area contributed by atoms with Crippen LogP contribution >= 0.6 is 0 Å². The smallest absolute Gasteiger partial charge is 0.429 e. The molecule has 0 aliphatic carbocycles. The zero-order chi connectivity index (χ0) is 32.7. The Morgan fingerprint density at radius 1 is 0.600 bits per heavy atom. The normalized spacial score (nSPS) is 12.1. The number of benzene rings is 5. The first-order valence-electron chi connectivity index (χ1n) is 13.3. The largest absolute Gasteiger partial charge is 0.573 e. The molecule has 0 heterocycles. The summed E-state index contributed by atoms with van der Waals surface area (Å²) in [6.07, 6.45) is -8.68. The number of rotatable bonds is 8. The van der Waals surface area contributed by atoms with E-state index in [9.17, 15) is 39.5 Å². The Labute approximate surface area is 249 Å². The Balaban J connectivity index is 1.36. The molecular formula is C33H20F10O2. The summed E-state index contributed by atoms with van der Waals surface area (Å²) in [6.45, 7) is 1.81. The first-order valence-corrected chi connectivity index (χ1v) is 13.3. The molecule has 12 heteroatoms. The van der Waals surface area contributed by atoms with Crippen LogP contribution in [0.25, 0.3) is 33.0 Å². The lowest BCUT2D eigenvalue weighted by Crippen LogP contribution is -2.22. The molecular weight excluding hydrogens is 618 g/mol. The quantitative estimate of drug-likeness (QED) is 0.158. The van der Waals surface area contributed by atoms with E-state index in [1.165, 1.54) is 42.5 Å². The Morgan fingerprint density at radius 2 is 1.16 bits per heavy atom. The molecule has 5 aromatic rings. The van der Waals surface area contributed by atoms with Crippen molar-refractivity contribution in [3.05, 3.63) is 119 Å². The van der Waals surface area contributed by atoms with Gasteiger partial charge in [-0.25, -0.2) is 22.0 Å². The van der Waals surface area contributed by atoms with Gasteiger partial charge in [-0.2, -0.15) is 8.78 Å². The molecule has 5 rings (SSSR count). The highest BCUT2D eigenvalue weighted by Gasteiger charge is 2.37. The highest BCUT2D eigenvalue weighted by molar-refractivity contribution is 5.89. The molecule has 0 amide bonds. The summed E-state index contributed by atoms with van der Waals surface area (Å²) in [4.78, 5) is 0. The number of hydrogen-bond donors (Lipinski definition) is 0. The van der Waals surface area contributed by atoms with Gasteiger partial charge in [-0.05, 0) is 52.3 Å². The Morgan fingerprint density at radius 3 is 1.71 bits per heavy atom. The van der Waals surface area contributed by atoms with Crippen molar-refractivity contribution in [3.8, 4) is 33.8 Å². The zero-order valence-corrected chi connectivity index (χ0v) is 23.0. The fourth-order valence-electron chi connectivity index (χ4n) is 4.83. The van der Waals surface area contributed by atoms with Crippen LogP contribution in [0.2, 0.25) is 0 Å². The van der Waals surface area contributed by atoms with Crippen LogP contribution in [0.4, 0.5) is 43.9 Å². The summed E-state index contributed by atoms with van der Waals surface area (Å²) in [5, 5.41) is -0.248. The van der Waals surface area contributed by atoms with Crippen molar-refractivity contribution in [2.45, 2.75) is 32.2 Å². The summed E-state index contributed by atoms with van der Waals surface area (Å²) in [5.74, 6) is -10.0. The van der Waals surface area contributed by atoms with Crippen LogP contribution in [-0.2, 0) is 12.5 Å². The van der Waals surface area contributed by atoms with Gasteiger partial charge in [-0.15, -0.1) is 13.2 Å². The van der Waals surface area contributed by atoms with Gasteiger partial charge in [0, 0.05) is 17.7 Å². The topological polar surface area (TPSA) is 18.5 Å². The first-order chi connectivity index (χ1) is 21.2. The predicted octanol–water partition coefficient (Wildman–Crippen LogP) is 10.8. The van der Waals surface area contributed by atoms with Crippen LogP contribution in [0.3, 0.4) is 0 Å². The molecule has 45 heavy (non-hydrogen) atoms. The van der Waals surface area contributed by atoms with Crippen molar-refractivity contribution in [3.63, 3.8) is 0 Å². The number of hydrogen-bond acceptors (Lipinski definition) is 2. The van der Waals surface area contributed by atoms with Gasteiger partial charge in [0.25, 0.3) is 0 Å². The molecule has 2 nitrogen and oxygen atoms in total. The number of ether oxygens (including phenoxy) is 2. The Bertz CT molecular complexity index is 1840. The third-order valence-corrected chi connectivity index (χ3v) is 6.90. The first kappa shape index (κ1) is 31.7. The number of fused-ring (bicyclic) bond motifs is 1. The van der Waals surface area contributed by atoms with Crippen LogP contribution in [-0.4, -0.2) is 6.36 Å². The second-order valence-electron chi connectivity index (χ2n) is 9.98. The fraction of sp³-hybridized carbons (Fsp3) is 0.152. The number of aryl methyl sites for hydroxylation is 1. The van der Waals surface area contributed by atoms with Gasteiger partial charge in [0.1, 0.15) is 11.6 Å². The Hall–Kier alpha value is -4.74. The second kappa shape index (κ2) is 12.0. The van der Waals surface area contributed by atoms with Gasteiger partial charge >= 0.3 is 12.5 Å². The number of halogens is 10. The third kappa shape index (κ3) is 6.54. The van der Waals surface area contributed by atoms with Crippen LogP contribution in [0.15, 0.2) is 78.9 Å². The minimum absolute atomic E-state index is 0.0219. The maximum atomic E-state index is 15.4. The molecule has 0 saturated heterocycles. The summed E-state index contributed by atoms with van der Waals surface area (Å²) in [6, 6.07) is 15.3. The minimum Gasteiger partial charge on any atom is -0.429 e. The highest BCUT2D eigenvalue weighted by atomic mass is 19.4. The highest BCUT2D eigenvalue weighted by Crippen LogP contribution is 2.38. The molecule has 5 aromatic carbocycles. The van der Waals surface area contributed by atoms with E-state index in [2.05, 4.69) is 9.47 Å². The average molecular weight is 639 g/mol. The molecule has 0 atom stereocenters. The lowest BCUT2D eigenvalue weighted by Gasteiger charge is -2.19. The van der Waals surface area contributed by atoms with Crippen molar-refractivity contribution in [1.82, 2.24) is 0 Å². The average Bonchev–Trinajstić information content (AvgIpc) is 2.97. The maximum Gasteiger partial charge on any atom is 0.573 e. The van der Waals surface area contributed by atoms with E-state index in [0.29, 0.717) is 29.5 Å². The summed E-state index contributed by atoms with van der Waals surface area (Å²) >= 11 is 0. The molecule has 0 aliphatic rings. The van der Waals surface area contributed by atoms with E-state index in [-0.39, 0.29) is 28.6 Å². The number of alkyl halides is 5. The van der Waals surface area contributed by atoms with Gasteiger partial charge < -0.3 is 9.47 Å². The molecule has 0 bridgehead atoms. The molecule has 0 saturated carbocycles. The molecule has 0 aliphatic heterocycles. The van der Waals surface area contributed by atoms with E-state index < -0.39 is 64.0 Å². The predicted molar refractivity (Wildman–Crippen MR) is 146 cm³/mol. The van der Waals surface area contributed by atoms with E-state index in [4.69, 9.17) is 0 Å². The fourth-order valence-corrected chi connectivity index (χ4v) is 4.83. The molecule has 0 N–H and O–H groups in total. The van der Waals surface area contributed by atoms with Crippen LogP contribution < -0.4 is 9.47 Å². The van der Waals surface area contributed by atoms with Gasteiger partial charge in [0.2, 0.25) is 5.75 Å². The van der Waals surface area contributed by atoms with E-state index in [1.54, 1.807) is 12.1 Å². The minimum atomic E-state index is -5.42. The molecule has 0 radical (unpaired) electrons. The summed E-state index contributed by atoms with van der Waals surface area (Å²) in [5.41, 5.74) is 0.732. The molecule has 0 spiro atoms. The summed E-state index contributed by atoms with van der Waals surface area (Å²) in [7, 11) is 0. The van der Waals surface area contributed by atoms with Crippen LogP contribution in [0.5, 0.6) is 11.5 Å². The zero-order valence-electron chi connectivity index (χ0n) is 23.0. The van der Waals surface area contributed by atoms with Gasteiger partial charge in [0.15, 0.2) is 23.3 Å². The van der Waals surface area contributed by atoms with E-state index in [1.807, 2.05) is 6.92 Å². The lowest BCUT2D eigenvalue weighted by molar-refractivity contribution is -0.276. The maximum absolute atomic E-state index is 15.4. The van der Waals surface area contributed by atoms with Crippen molar-refractivity contribution in [1.29, 1.82) is 0 Å². The van der Waals surface area contributed by atoms with Gasteiger partial charge in [-0.3, -0.25) is 0 Å². The molecule has 0 aromatic heterocycles. The van der Waals surface area contributed by atoms with Crippen LogP contribution in [0.1, 0.15) is 24.5 Å². The molecule has 0 unspecified atom stereocenters. The van der Waals surface area contributed by atoms with Gasteiger partial charge in [-0.1, -0.05) is 61.9 Å². The monoisotopic (exact) mass is 638 g/mol. The molecule has 234 valence electrons. The van der Waals surface area contributed by atoms with E-state index >= 15 is 4.39 Å². The van der Waals surface area contributed by atoms with Crippen molar-refractivity contribution >= 4 is 10.8 Å². The Kier molecular flexibility index (Phi) is 8.43. The third-order valence-electron chi connectivity index (χ3n) is 6.90. The van der Waals surface area contributed by atoms with Crippen LogP contribution in [0, 0.1) is 29.1 Å². The van der Waals surface area contributed by atoms with Crippen molar-refractivity contribution in [2.75, 3.05) is 0 Å². The van der Waals surface area contributed by atoms with E-state index in [0.717, 1.165) is 12.1 Å². The standard InChI is InChI=1S/C33H20F10O2/c1-2-3-21-14-20-10-13-24(29(37)27(20)30(38)28(21)36)19-6-4-17(5-7-19)18-8-11-22(12-9-18)32(39,40)44-23-15-25(34)31(26(35)16-23)45-33(41,42)43/h4-16H,2-3H2,1H3. The second-order valence-corrected chi connectivity index (χ2v) is 9.98. The van der Waals surface area contributed by atoms with Crippen molar-refractivity contribution < 1.29 is 53.4 Å². The SMILES string of the molecule is CCCc1cc2ccc(-c3ccc(-c4ccc(C(F)(F)Oc5cc(F)c(OC(F)(F)F)c(F)c5)cc4)cc3)c(F)c2c(F)c1F.